The predicted molar refractivity (Wildman–Crippen MR) is 40.9 cm³/mol. The molecule has 0 aromatic heterocycles. The molecule has 0 bridgehead atoms. The fraction of sp³-hybridized carbons (Fsp3) is 0.625. The number of nitrogens with zero attached hydrogens (tertiary/aromatic N) is 1. The Bertz CT molecular complexity index is 136. The van der Waals surface area contributed by atoms with E-state index >= 15 is 0 Å². The smallest absolute Gasteiger partial charge is 0.0676 e. The van der Waals surface area contributed by atoms with Gasteiger partial charge in [-0.2, -0.15) is 0 Å². The van der Waals surface area contributed by atoms with E-state index in [1.165, 1.54) is 25.0 Å². The van der Waals surface area contributed by atoms with Crippen LogP contribution in [0.4, 0.5) is 0 Å². The topological polar surface area (TPSA) is 12.4 Å². The van der Waals surface area contributed by atoms with Gasteiger partial charge in [-0.1, -0.05) is 6.08 Å². The quantitative estimate of drug-likeness (QED) is 0.474. The van der Waals surface area contributed by atoms with Crippen molar-refractivity contribution in [2.24, 2.45) is 4.99 Å². The Morgan fingerprint density at radius 1 is 1.78 bits per heavy atom. The first kappa shape index (κ1) is 6.53. The van der Waals surface area contributed by atoms with Crippen LogP contribution in [0, 0.1) is 0 Å². The van der Waals surface area contributed by atoms with Crippen LogP contribution in [0.25, 0.3) is 0 Å². The van der Waals surface area contributed by atoms with E-state index < -0.39 is 0 Å². The molecular weight excluding hydrogens is 110 g/mol. The van der Waals surface area contributed by atoms with Crippen LogP contribution in [0.15, 0.2) is 17.6 Å². The minimum absolute atomic E-state index is 0.416. The molecule has 0 aromatic rings. The molecule has 1 heterocycles. The van der Waals surface area contributed by atoms with Gasteiger partial charge in [-0.3, -0.25) is 4.99 Å². The maximum atomic E-state index is 4.40. The molecule has 0 aromatic carbocycles. The second-order valence-corrected chi connectivity index (χ2v) is 2.56. The number of aliphatic imine (C=N–C) groups is 1. The first-order valence-corrected chi connectivity index (χ1v) is 3.49. The summed E-state index contributed by atoms with van der Waals surface area (Å²) in [6, 6.07) is 0.416. The lowest BCUT2D eigenvalue weighted by Gasteiger charge is -2.14. The predicted octanol–water partition coefficient (Wildman–Crippen LogP) is 2.19. The standard InChI is InChI=1S/C8H13N/c1-3-8-6-4-5-7(2)9-8/h3,8H,1,4-6H2,2H3/t8-/m1/s1. The van der Waals surface area contributed by atoms with Crippen molar-refractivity contribution in [2.75, 3.05) is 0 Å². The van der Waals surface area contributed by atoms with Crippen molar-refractivity contribution in [1.29, 1.82) is 0 Å². The van der Waals surface area contributed by atoms with Crippen LogP contribution in [0.1, 0.15) is 26.2 Å². The number of hydrogen-bond acceptors (Lipinski definition) is 1. The summed E-state index contributed by atoms with van der Waals surface area (Å²) >= 11 is 0. The fourth-order valence-electron chi connectivity index (χ4n) is 1.15. The van der Waals surface area contributed by atoms with Crippen molar-refractivity contribution in [3.05, 3.63) is 12.7 Å². The first-order chi connectivity index (χ1) is 4.33. The molecule has 0 radical (unpaired) electrons. The van der Waals surface area contributed by atoms with Gasteiger partial charge in [0, 0.05) is 5.71 Å². The van der Waals surface area contributed by atoms with Crippen LogP contribution in [-0.2, 0) is 0 Å². The molecule has 9 heavy (non-hydrogen) atoms. The normalized spacial score (nSPS) is 27.2. The largest absolute Gasteiger partial charge is 0.287 e. The Morgan fingerprint density at radius 2 is 2.56 bits per heavy atom. The maximum absolute atomic E-state index is 4.40. The van der Waals surface area contributed by atoms with Crippen LogP contribution >= 0.6 is 0 Å². The van der Waals surface area contributed by atoms with Crippen molar-refractivity contribution in [3.8, 4) is 0 Å². The van der Waals surface area contributed by atoms with Crippen molar-refractivity contribution < 1.29 is 0 Å². The highest BCUT2D eigenvalue weighted by molar-refractivity contribution is 5.82. The molecule has 0 unspecified atom stereocenters. The van der Waals surface area contributed by atoms with E-state index in [0.717, 1.165) is 0 Å². The summed E-state index contributed by atoms with van der Waals surface area (Å²) in [5.74, 6) is 0. The van der Waals surface area contributed by atoms with Gasteiger partial charge in [0.2, 0.25) is 0 Å². The molecule has 1 rings (SSSR count). The van der Waals surface area contributed by atoms with Gasteiger partial charge < -0.3 is 0 Å². The molecule has 0 aliphatic carbocycles. The molecule has 0 amide bonds. The Morgan fingerprint density at radius 3 is 3.00 bits per heavy atom. The number of hydrogen-bond donors (Lipinski definition) is 0. The summed E-state index contributed by atoms with van der Waals surface area (Å²) in [7, 11) is 0. The van der Waals surface area contributed by atoms with Gasteiger partial charge in [0.25, 0.3) is 0 Å². The Hall–Kier alpha value is -0.590. The van der Waals surface area contributed by atoms with Crippen molar-refractivity contribution >= 4 is 5.71 Å². The maximum Gasteiger partial charge on any atom is 0.0676 e. The lowest BCUT2D eigenvalue weighted by atomic mass is 10.0. The molecule has 1 aliphatic heterocycles. The molecule has 1 heteroatoms. The average molecular weight is 123 g/mol. The second-order valence-electron chi connectivity index (χ2n) is 2.56. The highest BCUT2D eigenvalue weighted by atomic mass is 14.8. The lowest BCUT2D eigenvalue weighted by Crippen LogP contribution is -2.10. The zero-order valence-electron chi connectivity index (χ0n) is 5.93. The SMILES string of the molecule is C=C[C@@H]1CCCC(C)=N1. The minimum Gasteiger partial charge on any atom is -0.287 e. The van der Waals surface area contributed by atoms with Gasteiger partial charge in [0.15, 0.2) is 0 Å². The van der Waals surface area contributed by atoms with Gasteiger partial charge in [-0.15, -0.1) is 6.58 Å². The third-order valence-electron chi connectivity index (χ3n) is 1.70. The molecule has 1 nitrogen and oxygen atoms in total. The molecule has 0 N–H and O–H groups in total. The van der Waals surface area contributed by atoms with Gasteiger partial charge >= 0.3 is 0 Å². The first-order valence-electron chi connectivity index (χ1n) is 3.49. The second kappa shape index (κ2) is 2.81. The Balaban J connectivity index is 2.56. The van der Waals surface area contributed by atoms with E-state index in [1.807, 2.05) is 6.08 Å². The van der Waals surface area contributed by atoms with E-state index in [-0.39, 0.29) is 0 Å². The fourth-order valence-corrected chi connectivity index (χ4v) is 1.15. The Kier molecular flexibility index (Phi) is 2.04. The van der Waals surface area contributed by atoms with Crippen molar-refractivity contribution in [2.45, 2.75) is 32.2 Å². The van der Waals surface area contributed by atoms with Crippen LogP contribution in [0.2, 0.25) is 0 Å². The molecule has 0 fully saturated rings. The molecule has 1 aliphatic rings. The molecule has 50 valence electrons. The van der Waals surface area contributed by atoms with Gasteiger partial charge in [-0.25, -0.2) is 0 Å². The van der Waals surface area contributed by atoms with Gasteiger partial charge in [0.05, 0.1) is 6.04 Å². The van der Waals surface area contributed by atoms with E-state index in [4.69, 9.17) is 0 Å². The minimum atomic E-state index is 0.416. The van der Waals surface area contributed by atoms with Gasteiger partial charge in [0.1, 0.15) is 0 Å². The summed E-state index contributed by atoms with van der Waals surface area (Å²) in [5, 5.41) is 0. The highest BCUT2D eigenvalue weighted by Crippen LogP contribution is 2.13. The van der Waals surface area contributed by atoms with Crippen LogP contribution in [0.3, 0.4) is 0 Å². The van der Waals surface area contributed by atoms with E-state index in [9.17, 15) is 0 Å². The third-order valence-corrected chi connectivity index (χ3v) is 1.70. The molecule has 1 atom stereocenters. The zero-order chi connectivity index (χ0) is 6.69. The summed E-state index contributed by atoms with van der Waals surface area (Å²) in [6.45, 7) is 5.80. The lowest BCUT2D eigenvalue weighted by molar-refractivity contribution is 0.652. The van der Waals surface area contributed by atoms with Crippen LogP contribution in [-0.4, -0.2) is 11.8 Å². The highest BCUT2D eigenvalue weighted by Gasteiger charge is 2.07. The van der Waals surface area contributed by atoms with Gasteiger partial charge in [-0.05, 0) is 26.2 Å². The molecule has 0 spiro atoms. The molecule has 0 saturated heterocycles. The zero-order valence-corrected chi connectivity index (χ0v) is 5.93. The average Bonchev–Trinajstić information content (AvgIpc) is 1.88. The Labute approximate surface area is 56.5 Å². The van der Waals surface area contributed by atoms with E-state index in [0.29, 0.717) is 6.04 Å². The monoisotopic (exact) mass is 123 g/mol. The molecular formula is C8H13N. The summed E-state index contributed by atoms with van der Waals surface area (Å²) < 4.78 is 0. The van der Waals surface area contributed by atoms with Crippen molar-refractivity contribution in [1.82, 2.24) is 0 Å². The van der Waals surface area contributed by atoms with E-state index in [1.54, 1.807) is 0 Å². The number of rotatable bonds is 1. The van der Waals surface area contributed by atoms with Crippen LogP contribution < -0.4 is 0 Å². The summed E-state index contributed by atoms with van der Waals surface area (Å²) in [4.78, 5) is 4.40. The summed E-state index contributed by atoms with van der Waals surface area (Å²) in [5.41, 5.74) is 1.28. The third kappa shape index (κ3) is 1.67. The summed E-state index contributed by atoms with van der Waals surface area (Å²) in [6.07, 6.45) is 5.60. The molecule has 0 saturated carbocycles. The van der Waals surface area contributed by atoms with E-state index in [2.05, 4.69) is 18.5 Å². The van der Waals surface area contributed by atoms with Crippen molar-refractivity contribution in [3.63, 3.8) is 0 Å². The van der Waals surface area contributed by atoms with Crippen LogP contribution in [0.5, 0.6) is 0 Å².